The molecule has 0 unspecified atom stereocenters. The molecule has 0 aliphatic rings. The van der Waals surface area contributed by atoms with Crippen LogP contribution in [0.15, 0.2) is 36.4 Å². The maximum atomic E-state index is 12.8. The topological polar surface area (TPSA) is 59.4 Å². The molecule has 0 aliphatic carbocycles. The highest BCUT2D eigenvalue weighted by molar-refractivity contribution is 5.89. The van der Waals surface area contributed by atoms with Gasteiger partial charge >= 0.3 is 5.97 Å². The minimum atomic E-state index is -1.07. The highest BCUT2D eigenvalue weighted by atomic mass is 19.1. The van der Waals surface area contributed by atoms with Crippen LogP contribution in [0.1, 0.15) is 10.4 Å². The standard InChI is InChI=1S/C13H10FNO3/c1-18-12-7-9(13(16)17)6-11(15-12)8-2-4-10(14)5-3-8/h2-7H,1H3,(H,16,17). The summed E-state index contributed by atoms with van der Waals surface area (Å²) in [5.74, 6) is -1.23. The largest absolute Gasteiger partial charge is 0.481 e. The first-order chi connectivity index (χ1) is 8.60. The first kappa shape index (κ1) is 12.0. The van der Waals surface area contributed by atoms with Crippen LogP contribution in [0.5, 0.6) is 5.88 Å². The predicted molar refractivity (Wildman–Crippen MR) is 63.1 cm³/mol. The molecule has 0 bridgehead atoms. The lowest BCUT2D eigenvalue weighted by Crippen LogP contribution is -2.00. The first-order valence-electron chi connectivity index (χ1n) is 5.15. The van der Waals surface area contributed by atoms with E-state index in [-0.39, 0.29) is 17.3 Å². The summed E-state index contributed by atoms with van der Waals surface area (Å²) >= 11 is 0. The van der Waals surface area contributed by atoms with Crippen molar-refractivity contribution >= 4 is 5.97 Å². The van der Waals surface area contributed by atoms with Gasteiger partial charge in [0, 0.05) is 11.6 Å². The molecule has 4 nitrogen and oxygen atoms in total. The van der Waals surface area contributed by atoms with Crippen LogP contribution < -0.4 is 4.74 Å². The Morgan fingerprint density at radius 1 is 1.28 bits per heavy atom. The van der Waals surface area contributed by atoms with Gasteiger partial charge in [-0.1, -0.05) is 0 Å². The molecular weight excluding hydrogens is 237 g/mol. The number of ether oxygens (including phenoxy) is 1. The number of rotatable bonds is 3. The monoisotopic (exact) mass is 247 g/mol. The van der Waals surface area contributed by atoms with Gasteiger partial charge in [-0.2, -0.15) is 0 Å². The minimum Gasteiger partial charge on any atom is -0.481 e. The van der Waals surface area contributed by atoms with Gasteiger partial charge in [0.05, 0.1) is 18.4 Å². The van der Waals surface area contributed by atoms with E-state index in [0.29, 0.717) is 11.3 Å². The Morgan fingerprint density at radius 3 is 2.50 bits per heavy atom. The van der Waals surface area contributed by atoms with Crippen LogP contribution in [-0.2, 0) is 0 Å². The summed E-state index contributed by atoms with van der Waals surface area (Å²) in [7, 11) is 1.41. The van der Waals surface area contributed by atoms with Crippen molar-refractivity contribution in [3.8, 4) is 17.1 Å². The second-order valence-electron chi connectivity index (χ2n) is 3.60. The van der Waals surface area contributed by atoms with E-state index in [1.54, 1.807) is 0 Å². The van der Waals surface area contributed by atoms with Gasteiger partial charge in [0.25, 0.3) is 0 Å². The van der Waals surface area contributed by atoms with Crippen LogP contribution in [0.4, 0.5) is 4.39 Å². The third-order valence-electron chi connectivity index (χ3n) is 2.40. The average Bonchev–Trinajstić information content (AvgIpc) is 2.39. The third-order valence-corrected chi connectivity index (χ3v) is 2.40. The highest BCUT2D eigenvalue weighted by Gasteiger charge is 2.10. The summed E-state index contributed by atoms with van der Waals surface area (Å²) in [6, 6.07) is 8.38. The zero-order valence-corrected chi connectivity index (χ0v) is 9.55. The van der Waals surface area contributed by atoms with Crippen molar-refractivity contribution in [2.75, 3.05) is 7.11 Å². The molecule has 0 aliphatic heterocycles. The van der Waals surface area contributed by atoms with Crippen molar-refractivity contribution in [1.29, 1.82) is 0 Å². The molecule has 92 valence electrons. The number of carboxylic acid groups (broad SMARTS) is 1. The summed E-state index contributed by atoms with van der Waals surface area (Å²) < 4.78 is 17.8. The highest BCUT2D eigenvalue weighted by Crippen LogP contribution is 2.22. The van der Waals surface area contributed by atoms with E-state index in [9.17, 15) is 9.18 Å². The molecule has 0 atom stereocenters. The van der Waals surface area contributed by atoms with Crippen LogP contribution in [0.3, 0.4) is 0 Å². The minimum absolute atomic E-state index is 0.0705. The van der Waals surface area contributed by atoms with E-state index in [0.717, 1.165) is 0 Å². The Labute approximate surface area is 103 Å². The lowest BCUT2D eigenvalue weighted by atomic mass is 10.1. The zero-order valence-electron chi connectivity index (χ0n) is 9.55. The molecule has 0 fully saturated rings. The van der Waals surface area contributed by atoms with E-state index in [2.05, 4.69) is 4.98 Å². The van der Waals surface area contributed by atoms with E-state index < -0.39 is 5.97 Å². The number of carbonyl (C=O) groups is 1. The number of methoxy groups -OCH3 is 1. The van der Waals surface area contributed by atoms with Gasteiger partial charge in [0.2, 0.25) is 5.88 Å². The SMILES string of the molecule is COc1cc(C(=O)O)cc(-c2ccc(F)cc2)n1. The van der Waals surface area contributed by atoms with Crippen LogP contribution >= 0.6 is 0 Å². The van der Waals surface area contributed by atoms with Gasteiger partial charge in [0.15, 0.2) is 0 Å². The number of halogens is 1. The van der Waals surface area contributed by atoms with Crippen LogP contribution in [0.2, 0.25) is 0 Å². The number of hydrogen-bond acceptors (Lipinski definition) is 3. The molecule has 5 heteroatoms. The second-order valence-corrected chi connectivity index (χ2v) is 3.60. The Kier molecular flexibility index (Phi) is 3.23. The fraction of sp³-hybridized carbons (Fsp3) is 0.0769. The molecule has 1 heterocycles. The van der Waals surface area contributed by atoms with Crippen molar-refractivity contribution in [2.45, 2.75) is 0 Å². The number of hydrogen-bond donors (Lipinski definition) is 1. The number of nitrogens with zero attached hydrogens (tertiary/aromatic N) is 1. The van der Waals surface area contributed by atoms with E-state index in [4.69, 9.17) is 9.84 Å². The predicted octanol–water partition coefficient (Wildman–Crippen LogP) is 2.59. The molecular formula is C13H10FNO3. The summed E-state index contributed by atoms with van der Waals surface area (Å²) in [6.07, 6.45) is 0. The number of aromatic carboxylic acids is 1. The summed E-state index contributed by atoms with van der Waals surface area (Å²) in [6.45, 7) is 0. The normalized spacial score (nSPS) is 10.1. The van der Waals surface area contributed by atoms with Gasteiger partial charge in [-0.15, -0.1) is 0 Å². The number of pyridine rings is 1. The van der Waals surface area contributed by atoms with Gasteiger partial charge in [-0.25, -0.2) is 14.2 Å². The molecule has 1 aromatic carbocycles. The molecule has 1 N–H and O–H groups in total. The quantitative estimate of drug-likeness (QED) is 0.905. The van der Waals surface area contributed by atoms with E-state index in [1.165, 1.54) is 43.5 Å². The number of aromatic nitrogens is 1. The van der Waals surface area contributed by atoms with E-state index in [1.807, 2.05) is 0 Å². The molecule has 18 heavy (non-hydrogen) atoms. The van der Waals surface area contributed by atoms with Crippen molar-refractivity contribution in [2.24, 2.45) is 0 Å². The zero-order chi connectivity index (χ0) is 13.1. The fourth-order valence-electron chi connectivity index (χ4n) is 1.50. The third kappa shape index (κ3) is 2.45. The first-order valence-corrected chi connectivity index (χ1v) is 5.15. The smallest absolute Gasteiger partial charge is 0.335 e. The Balaban J connectivity index is 2.52. The molecule has 0 saturated carbocycles. The maximum Gasteiger partial charge on any atom is 0.335 e. The summed E-state index contributed by atoms with van der Waals surface area (Å²) in [5.41, 5.74) is 1.12. The summed E-state index contributed by atoms with van der Waals surface area (Å²) in [5, 5.41) is 8.98. The average molecular weight is 247 g/mol. The van der Waals surface area contributed by atoms with Gasteiger partial charge in [-0.3, -0.25) is 0 Å². The molecule has 0 amide bonds. The van der Waals surface area contributed by atoms with Crippen molar-refractivity contribution in [3.05, 3.63) is 47.8 Å². The van der Waals surface area contributed by atoms with Crippen LogP contribution in [0.25, 0.3) is 11.3 Å². The van der Waals surface area contributed by atoms with E-state index >= 15 is 0 Å². The fourth-order valence-corrected chi connectivity index (χ4v) is 1.50. The lowest BCUT2D eigenvalue weighted by Gasteiger charge is -2.06. The summed E-state index contributed by atoms with van der Waals surface area (Å²) in [4.78, 5) is 15.1. The lowest BCUT2D eigenvalue weighted by molar-refractivity contribution is 0.0696. The molecule has 0 radical (unpaired) electrons. The maximum absolute atomic E-state index is 12.8. The van der Waals surface area contributed by atoms with Gasteiger partial charge < -0.3 is 9.84 Å². The Bertz CT molecular complexity index is 581. The second kappa shape index (κ2) is 4.83. The Morgan fingerprint density at radius 2 is 1.94 bits per heavy atom. The van der Waals surface area contributed by atoms with Gasteiger partial charge in [-0.05, 0) is 30.3 Å². The van der Waals surface area contributed by atoms with Crippen molar-refractivity contribution in [1.82, 2.24) is 4.98 Å². The number of benzene rings is 1. The van der Waals surface area contributed by atoms with Crippen molar-refractivity contribution < 1.29 is 19.0 Å². The Hall–Kier alpha value is -2.43. The van der Waals surface area contributed by atoms with Gasteiger partial charge in [0.1, 0.15) is 5.82 Å². The van der Waals surface area contributed by atoms with Crippen molar-refractivity contribution in [3.63, 3.8) is 0 Å². The van der Waals surface area contributed by atoms with Crippen LogP contribution in [-0.4, -0.2) is 23.2 Å². The molecule has 0 saturated heterocycles. The molecule has 1 aromatic heterocycles. The molecule has 2 aromatic rings. The number of carboxylic acids is 1. The molecule has 2 rings (SSSR count). The van der Waals surface area contributed by atoms with Crippen LogP contribution in [0, 0.1) is 5.82 Å². The molecule has 0 spiro atoms.